The SMILES string of the molecule is C=C.CC.CC(C)=C/C=C\CN. The first-order chi connectivity index (χ1) is 5.77. The zero-order valence-corrected chi connectivity index (χ0v) is 8.93. The van der Waals surface area contributed by atoms with E-state index in [1.165, 1.54) is 5.57 Å². The number of rotatable bonds is 2. The van der Waals surface area contributed by atoms with Gasteiger partial charge in [0.25, 0.3) is 0 Å². The molecule has 2 N–H and O–H groups in total. The molecule has 0 atom stereocenters. The summed E-state index contributed by atoms with van der Waals surface area (Å²) >= 11 is 0. The van der Waals surface area contributed by atoms with Gasteiger partial charge in [-0.05, 0) is 13.8 Å². The highest BCUT2D eigenvalue weighted by Crippen LogP contribution is 1.87. The van der Waals surface area contributed by atoms with E-state index in [1.54, 1.807) is 0 Å². The second-order valence-electron chi connectivity index (χ2n) is 1.91. The number of allylic oxidation sites excluding steroid dienone is 3. The van der Waals surface area contributed by atoms with Crippen molar-refractivity contribution in [1.29, 1.82) is 0 Å². The van der Waals surface area contributed by atoms with Crippen LogP contribution in [0.4, 0.5) is 0 Å². The predicted molar refractivity (Wildman–Crippen MR) is 60.2 cm³/mol. The van der Waals surface area contributed by atoms with Gasteiger partial charge in [-0.15, -0.1) is 13.2 Å². The molecule has 0 radical (unpaired) electrons. The van der Waals surface area contributed by atoms with Crippen molar-refractivity contribution < 1.29 is 0 Å². The lowest BCUT2D eigenvalue weighted by molar-refractivity contribution is 1.25. The molecule has 0 aromatic rings. The minimum atomic E-state index is 0.629. The molecule has 1 heteroatoms. The first-order valence-corrected chi connectivity index (χ1v) is 4.27. The van der Waals surface area contributed by atoms with Crippen molar-refractivity contribution in [3.8, 4) is 0 Å². The largest absolute Gasteiger partial charge is 0.327 e. The zero-order valence-electron chi connectivity index (χ0n) is 8.93. The molecule has 0 aliphatic heterocycles. The van der Waals surface area contributed by atoms with Gasteiger partial charge in [-0.1, -0.05) is 37.6 Å². The molecule has 0 rings (SSSR count). The van der Waals surface area contributed by atoms with Gasteiger partial charge in [0.05, 0.1) is 0 Å². The first kappa shape index (κ1) is 17.3. The Bertz CT molecular complexity index is 108. The summed E-state index contributed by atoms with van der Waals surface area (Å²) in [5.41, 5.74) is 6.50. The van der Waals surface area contributed by atoms with Gasteiger partial charge in [-0.2, -0.15) is 0 Å². The molecule has 0 aromatic carbocycles. The van der Waals surface area contributed by atoms with Gasteiger partial charge in [0.1, 0.15) is 0 Å². The third-order valence-electron chi connectivity index (χ3n) is 0.702. The number of hydrogen-bond acceptors (Lipinski definition) is 1. The van der Waals surface area contributed by atoms with Crippen LogP contribution in [-0.2, 0) is 0 Å². The molecule has 12 heavy (non-hydrogen) atoms. The molecule has 0 spiro atoms. The van der Waals surface area contributed by atoms with Crippen LogP contribution >= 0.6 is 0 Å². The Balaban J connectivity index is -0.000000175. The van der Waals surface area contributed by atoms with E-state index < -0.39 is 0 Å². The van der Waals surface area contributed by atoms with Crippen molar-refractivity contribution in [1.82, 2.24) is 0 Å². The Hall–Kier alpha value is -0.820. The summed E-state index contributed by atoms with van der Waals surface area (Å²) in [5.74, 6) is 0. The van der Waals surface area contributed by atoms with E-state index in [4.69, 9.17) is 5.73 Å². The van der Waals surface area contributed by atoms with Crippen LogP contribution in [0.25, 0.3) is 0 Å². The standard InChI is InChI=1S/C7H13N.C2H6.C2H4/c1-7(2)5-3-4-6-8;2*1-2/h3-5H,6,8H2,1-2H3;1-2H3;1-2H2/b4-3-;;. The smallest absolute Gasteiger partial charge is 0.0109 e. The van der Waals surface area contributed by atoms with Crippen molar-refractivity contribution in [3.05, 3.63) is 37.0 Å². The van der Waals surface area contributed by atoms with Crippen LogP contribution in [-0.4, -0.2) is 6.54 Å². The van der Waals surface area contributed by atoms with Crippen LogP contribution < -0.4 is 5.73 Å². The first-order valence-electron chi connectivity index (χ1n) is 4.27. The molecule has 0 saturated carbocycles. The number of nitrogens with two attached hydrogens (primary N) is 1. The summed E-state index contributed by atoms with van der Waals surface area (Å²) in [5, 5.41) is 0. The normalized spacial score (nSPS) is 7.42. The second kappa shape index (κ2) is 22.5. The van der Waals surface area contributed by atoms with E-state index in [2.05, 4.69) is 27.0 Å². The van der Waals surface area contributed by atoms with Gasteiger partial charge >= 0.3 is 0 Å². The number of hydrogen-bond donors (Lipinski definition) is 1. The Morgan fingerprint density at radius 1 is 1.25 bits per heavy atom. The van der Waals surface area contributed by atoms with Gasteiger partial charge in [0, 0.05) is 6.54 Å². The molecule has 0 fully saturated rings. The molecule has 1 nitrogen and oxygen atoms in total. The van der Waals surface area contributed by atoms with Crippen LogP contribution in [0.3, 0.4) is 0 Å². The highest BCUT2D eigenvalue weighted by atomic mass is 14.5. The molecule has 0 aliphatic carbocycles. The average molecular weight is 169 g/mol. The van der Waals surface area contributed by atoms with Crippen LogP contribution in [0.2, 0.25) is 0 Å². The molecule has 0 heterocycles. The van der Waals surface area contributed by atoms with Crippen molar-refractivity contribution in [3.63, 3.8) is 0 Å². The fourth-order valence-electron chi connectivity index (χ4n) is 0.339. The van der Waals surface area contributed by atoms with Gasteiger partial charge in [-0.3, -0.25) is 0 Å². The van der Waals surface area contributed by atoms with Crippen LogP contribution in [0.5, 0.6) is 0 Å². The molecule has 0 aromatic heterocycles. The lowest BCUT2D eigenvalue weighted by Crippen LogP contribution is -1.91. The maximum atomic E-state index is 5.20. The Kier molecular flexibility index (Phi) is 32.4. The predicted octanol–water partition coefficient (Wildman–Crippen LogP) is 3.30. The van der Waals surface area contributed by atoms with E-state index >= 15 is 0 Å². The maximum absolute atomic E-state index is 5.20. The fraction of sp³-hybridized carbons (Fsp3) is 0.455. The Morgan fingerprint density at radius 3 is 1.92 bits per heavy atom. The highest BCUT2D eigenvalue weighted by molar-refractivity contribution is 5.08. The molecule has 0 bridgehead atoms. The van der Waals surface area contributed by atoms with E-state index in [0.29, 0.717) is 6.54 Å². The van der Waals surface area contributed by atoms with Crippen LogP contribution in [0.1, 0.15) is 27.7 Å². The molecule has 72 valence electrons. The highest BCUT2D eigenvalue weighted by Gasteiger charge is 1.67. The van der Waals surface area contributed by atoms with Gasteiger partial charge in [-0.25, -0.2) is 0 Å². The molecular weight excluding hydrogens is 146 g/mol. The fourth-order valence-corrected chi connectivity index (χ4v) is 0.339. The topological polar surface area (TPSA) is 26.0 Å². The summed E-state index contributed by atoms with van der Waals surface area (Å²) in [6, 6.07) is 0. The van der Waals surface area contributed by atoms with E-state index in [9.17, 15) is 0 Å². The molecule has 0 amide bonds. The average Bonchev–Trinajstić information content (AvgIpc) is 2.12. The molecule has 0 unspecified atom stereocenters. The van der Waals surface area contributed by atoms with Crippen molar-refractivity contribution in [2.45, 2.75) is 27.7 Å². The summed E-state index contributed by atoms with van der Waals surface area (Å²) < 4.78 is 0. The Labute approximate surface area is 77.7 Å². The second-order valence-corrected chi connectivity index (χ2v) is 1.91. The van der Waals surface area contributed by atoms with E-state index in [1.807, 2.05) is 32.1 Å². The van der Waals surface area contributed by atoms with Crippen LogP contribution in [0.15, 0.2) is 37.0 Å². The van der Waals surface area contributed by atoms with Crippen molar-refractivity contribution in [2.24, 2.45) is 5.73 Å². The quantitative estimate of drug-likeness (QED) is 0.498. The van der Waals surface area contributed by atoms with Crippen LogP contribution in [0, 0.1) is 0 Å². The van der Waals surface area contributed by atoms with Gasteiger partial charge in [0.2, 0.25) is 0 Å². The van der Waals surface area contributed by atoms with Gasteiger partial charge < -0.3 is 5.73 Å². The van der Waals surface area contributed by atoms with E-state index in [0.717, 1.165) is 0 Å². The monoisotopic (exact) mass is 169 g/mol. The third kappa shape index (κ3) is 35.2. The van der Waals surface area contributed by atoms with Crippen molar-refractivity contribution >= 4 is 0 Å². The van der Waals surface area contributed by atoms with Crippen molar-refractivity contribution in [2.75, 3.05) is 6.54 Å². The summed E-state index contributed by atoms with van der Waals surface area (Å²) in [6.45, 7) is 14.7. The maximum Gasteiger partial charge on any atom is 0.0109 e. The summed E-state index contributed by atoms with van der Waals surface area (Å²) in [6.07, 6.45) is 5.93. The third-order valence-corrected chi connectivity index (χ3v) is 0.702. The van der Waals surface area contributed by atoms with Gasteiger partial charge in [0.15, 0.2) is 0 Å². The molecule has 0 aliphatic rings. The molecular formula is C11H23N. The lowest BCUT2D eigenvalue weighted by Gasteiger charge is -1.80. The minimum Gasteiger partial charge on any atom is -0.327 e. The molecule has 0 saturated heterocycles. The summed E-state index contributed by atoms with van der Waals surface area (Å²) in [4.78, 5) is 0. The summed E-state index contributed by atoms with van der Waals surface area (Å²) in [7, 11) is 0. The minimum absolute atomic E-state index is 0.629. The van der Waals surface area contributed by atoms with E-state index in [-0.39, 0.29) is 0 Å². The lowest BCUT2D eigenvalue weighted by atomic mass is 10.3. The Morgan fingerprint density at radius 2 is 1.67 bits per heavy atom. The zero-order chi connectivity index (χ0) is 10.4.